The van der Waals surface area contributed by atoms with Crippen molar-refractivity contribution in [1.82, 2.24) is 14.8 Å². The average molecular weight is 282 g/mol. The molecule has 0 spiro atoms. The number of hydrogen-bond donors (Lipinski definition) is 0. The number of carbonyl (C=O) groups excluding carboxylic acids is 2. The highest BCUT2D eigenvalue weighted by Gasteiger charge is 2.29. The van der Waals surface area contributed by atoms with Gasteiger partial charge in [-0.05, 0) is 12.5 Å². The summed E-state index contributed by atoms with van der Waals surface area (Å²) in [4.78, 5) is 31.0. The number of nitrogens with zero attached hydrogens (tertiary/aromatic N) is 3. The molecule has 0 bridgehead atoms. The third-order valence-electron chi connectivity index (χ3n) is 3.05. The molecule has 1 aliphatic heterocycles. The van der Waals surface area contributed by atoms with Gasteiger partial charge in [0.25, 0.3) is 0 Å². The van der Waals surface area contributed by atoms with E-state index < -0.39 is 0 Å². The minimum absolute atomic E-state index is 0.0125. The molecule has 19 heavy (non-hydrogen) atoms. The topological polar surface area (TPSA) is 53.5 Å². The van der Waals surface area contributed by atoms with E-state index in [1.54, 1.807) is 17.2 Å². The molecule has 102 valence electrons. The molecule has 5 nitrogen and oxygen atoms in total. The predicted molar refractivity (Wildman–Crippen MR) is 71.5 cm³/mol. The van der Waals surface area contributed by atoms with Crippen molar-refractivity contribution >= 4 is 23.4 Å². The van der Waals surface area contributed by atoms with Crippen LogP contribution in [0, 0.1) is 0 Å². The zero-order valence-corrected chi connectivity index (χ0v) is 11.6. The standard InChI is InChI=1S/C13H16ClN3O2/c1-2-6-16-8-12(19)17(9-11(16)18)7-10-4-3-5-15-13(10)14/h3-5H,2,6-9H2,1H3. The molecule has 1 aromatic rings. The lowest BCUT2D eigenvalue weighted by molar-refractivity contribution is -0.150. The largest absolute Gasteiger partial charge is 0.332 e. The molecule has 0 aliphatic carbocycles. The van der Waals surface area contributed by atoms with Crippen LogP contribution >= 0.6 is 11.6 Å². The molecule has 1 aliphatic rings. The predicted octanol–water partition coefficient (Wildman–Crippen LogP) is 1.32. The fourth-order valence-electron chi connectivity index (χ4n) is 2.06. The Hall–Kier alpha value is -1.62. The van der Waals surface area contributed by atoms with E-state index in [1.165, 1.54) is 4.90 Å². The van der Waals surface area contributed by atoms with Crippen LogP contribution in [0.5, 0.6) is 0 Å². The van der Waals surface area contributed by atoms with E-state index in [9.17, 15) is 9.59 Å². The summed E-state index contributed by atoms with van der Waals surface area (Å²) in [5.41, 5.74) is 0.759. The lowest BCUT2D eigenvalue weighted by Crippen LogP contribution is -2.53. The van der Waals surface area contributed by atoms with Gasteiger partial charge in [-0.15, -0.1) is 0 Å². The van der Waals surface area contributed by atoms with Crippen LogP contribution in [0.15, 0.2) is 18.3 Å². The van der Waals surface area contributed by atoms with Crippen molar-refractivity contribution in [2.75, 3.05) is 19.6 Å². The van der Waals surface area contributed by atoms with E-state index in [0.29, 0.717) is 18.2 Å². The highest BCUT2D eigenvalue weighted by atomic mass is 35.5. The van der Waals surface area contributed by atoms with Crippen LogP contribution in [-0.4, -0.2) is 46.2 Å². The summed E-state index contributed by atoms with van der Waals surface area (Å²) in [5.74, 6) is -0.0607. The van der Waals surface area contributed by atoms with Gasteiger partial charge in [-0.1, -0.05) is 24.6 Å². The first kappa shape index (κ1) is 13.8. The summed E-state index contributed by atoms with van der Waals surface area (Å²) in [6.45, 7) is 3.22. The molecule has 1 saturated heterocycles. The van der Waals surface area contributed by atoms with E-state index in [1.807, 2.05) is 13.0 Å². The number of halogens is 1. The van der Waals surface area contributed by atoms with E-state index in [0.717, 1.165) is 12.0 Å². The number of aromatic nitrogens is 1. The van der Waals surface area contributed by atoms with Gasteiger partial charge in [0.2, 0.25) is 11.8 Å². The van der Waals surface area contributed by atoms with Crippen LogP contribution in [0.2, 0.25) is 5.15 Å². The van der Waals surface area contributed by atoms with Crippen LogP contribution in [0.25, 0.3) is 0 Å². The SMILES string of the molecule is CCCN1CC(=O)N(Cc2cccnc2Cl)CC1=O. The molecule has 0 radical (unpaired) electrons. The van der Waals surface area contributed by atoms with E-state index in [-0.39, 0.29) is 24.9 Å². The Bertz CT molecular complexity index is 493. The van der Waals surface area contributed by atoms with Crippen LogP contribution in [0.1, 0.15) is 18.9 Å². The minimum atomic E-state index is -0.0482. The zero-order valence-electron chi connectivity index (χ0n) is 10.8. The van der Waals surface area contributed by atoms with Crippen LogP contribution in [-0.2, 0) is 16.1 Å². The summed E-state index contributed by atoms with van der Waals surface area (Å²) in [7, 11) is 0. The molecule has 1 fully saturated rings. The van der Waals surface area contributed by atoms with Crippen molar-refractivity contribution in [3.8, 4) is 0 Å². The van der Waals surface area contributed by atoms with Crippen LogP contribution in [0.4, 0.5) is 0 Å². The van der Waals surface area contributed by atoms with Gasteiger partial charge in [-0.2, -0.15) is 0 Å². The van der Waals surface area contributed by atoms with Crippen molar-refractivity contribution in [3.05, 3.63) is 29.0 Å². The first-order valence-corrected chi connectivity index (χ1v) is 6.64. The second-order valence-corrected chi connectivity index (χ2v) is 4.88. The van der Waals surface area contributed by atoms with Crippen molar-refractivity contribution in [1.29, 1.82) is 0 Å². The lowest BCUT2D eigenvalue weighted by atomic mass is 10.2. The van der Waals surface area contributed by atoms with Gasteiger partial charge in [0.1, 0.15) is 11.7 Å². The number of hydrogen-bond acceptors (Lipinski definition) is 3. The lowest BCUT2D eigenvalue weighted by Gasteiger charge is -2.33. The Labute approximate surface area is 117 Å². The normalized spacial score (nSPS) is 16.1. The van der Waals surface area contributed by atoms with Crippen molar-refractivity contribution in [2.24, 2.45) is 0 Å². The molecule has 0 saturated carbocycles. The smallest absolute Gasteiger partial charge is 0.242 e. The molecule has 2 heterocycles. The number of carbonyl (C=O) groups is 2. The second kappa shape index (κ2) is 6.02. The summed E-state index contributed by atoms with van der Waals surface area (Å²) in [6, 6.07) is 3.58. The third-order valence-corrected chi connectivity index (χ3v) is 3.39. The Morgan fingerprint density at radius 1 is 1.26 bits per heavy atom. The third kappa shape index (κ3) is 3.23. The Balaban J connectivity index is 2.05. The Morgan fingerprint density at radius 3 is 2.63 bits per heavy atom. The first-order valence-electron chi connectivity index (χ1n) is 6.26. The van der Waals surface area contributed by atoms with E-state index in [4.69, 9.17) is 11.6 Å². The number of amides is 2. The molecule has 2 rings (SSSR count). The number of piperazine rings is 1. The molecule has 0 N–H and O–H groups in total. The fraction of sp³-hybridized carbons (Fsp3) is 0.462. The summed E-state index contributed by atoms with van der Waals surface area (Å²) in [6.07, 6.45) is 2.45. The second-order valence-electron chi connectivity index (χ2n) is 4.52. The van der Waals surface area contributed by atoms with E-state index >= 15 is 0 Å². The van der Waals surface area contributed by atoms with Gasteiger partial charge in [-0.3, -0.25) is 9.59 Å². The monoisotopic (exact) mass is 281 g/mol. The molecule has 1 aromatic heterocycles. The minimum Gasteiger partial charge on any atom is -0.332 e. The maximum absolute atomic E-state index is 12.0. The maximum atomic E-state index is 12.0. The van der Waals surface area contributed by atoms with Gasteiger partial charge in [0.15, 0.2) is 0 Å². The Kier molecular flexibility index (Phi) is 4.37. The highest BCUT2D eigenvalue weighted by Crippen LogP contribution is 2.16. The summed E-state index contributed by atoms with van der Waals surface area (Å²) in [5, 5.41) is 0.374. The Morgan fingerprint density at radius 2 is 1.95 bits per heavy atom. The molecular formula is C13H16ClN3O2. The van der Waals surface area contributed by atoms with Gasteiger partial charge >= 0.3 is 0 Å². The van der Waals surface area contributed by atoms with Crippen LogP contribution < -0.4 is 0 Å². The zero-order chi connectivity index (χ0) is 13.8. The highest BCUT2D eigenvalue weighted by molar-refractivity contribution is 6.30. The van der Waals surface area contributed by atoms with Gasteiger partial charge in [0.05, 0.1) is 6.54 Å². The molecular weight excluding hydrogens is 266 g/mol. The van der Waals surface area contributed by atoms with Crippen molar-refractivity contribution in [2.45, 2.75) is 19.9 Å². The van der Waals surface area contributed by atoms with Gasteiger partial charge in [0, 0.05) is 24.8 Å². The summed E-state index contributed by atoms with van der Waals surface area (Å²) >= 11 is 5.96. The van der Waals surface area contributed by atoms with Gasteiger partial charge in [-0.25, -0.2) is 4.98 Å². The van der Waals surface area contributed by atoms with Crippen LogP contribution in [0.3, 0.4) is 0 Å². The van der Waals surface area contributed by atoms with Crippen molar-refractivity contribution in [3.63, 3.8) is 0 Å². The average Bonchev–Trinajstić information content (AvgIpc) is 2.38. The van der Waals surface area contributed by atoms with E-state index in [2.05, 4.69) is 4.98 Å². The molecule has 0 atom stereocenters. The quantitative estimate of drug-likeness (QED) is 0.782. The molecule has 2 amide bonds. The number of rotatable bonds is 4. The molecule has 6 heteroatoms. The molecule has 0 unspecified atom stereocenters. The molecule has 0 aromatic carbocycles. The van der Waals surface area contributed by atoms with Gasteiger partial charge < -0.3 is 9.80 Å². The fourth-order valence-corrected chi connectivity index (χ4v) is 2.24. The maximum Gasteiger partial charge on any atom is 0.242 e. The summed E-state index contributed by atoms with van der Waals surface area (Å²) < 4.78 is 0. The number of pyridine rings is 1. The van der Waals surface area contributed by atoms with Crippen molar-refractivity contribution < 1.29 is 9.59 Å². The first-order chi connectivity index (χ1) is 9.11.